The molecule has 0 spiro atoms. The van der Waals surface area contributed by atoms with Gasteiger partial charge in [0.2, 0.25) is 0 Å². The third-order valence-corrected chi connectivity index (χ3v) is 8.81. The van der Waals surface area contributed by atoms with E-state index in [2.05, 4.69) is 137 Å². The summed E-state index contributed by atoms with van der Waals surface area (Å²) in [5.41, 5.74) is 11.4. The molecule has 44 heavy (non-hydrogen) atoms. The summed E-state index contributed by atoms with van der Waals surface area (Å²) in [6.07, 6.45) is 0. The van der Waals surface area contributed by atoms with Gasteiger partial charge in [-0.1, -0.05) is 91.0 Å². The van der Waals surface area contributed by atoms with Crippen molar-refractivity contribution in [3.05, 3.63) is 149 Å². The average Bonchev–Trinajstić information content (AvgIpc) is 3.57. The lowest BCUT2D eigenvalue weighted by molar-refractivity contribution is 1.11. The molecule has 2 aromatic heterocycles. The van der Waals surface area contributed by atoms with Crippen molar-refractivity contribution in [2.24, 2.45) is 0 Å². The Kier molecular flexibility index (Phi) is 5.66. The van der Waals surface area contributed by atoms with E-state index in [0.717, 1.165) is 66.5 Å². The van der Waals surface area contributed by atoms with E-state index in [-0.39, 0.29) is 0 Å². The molecule has 0 aliphatic carbocycles. The minimum absolute atomic E-state index is 0.511. The van der Waals surface area contributed by atoms with Crippen LogP contribution in [0.3, 0.4) is 0 Å². The first-order chi connectivity index (χ1) is 21.6. The summed E-state index contributed by atoms with van der Waals surface area (Å²) in [5, 5.41) is 14.6. The van der Waals surface area contributed by atoms with Gasteiger partial charge in [0.05, 0.1) is 51.6 Å². The highest BCUT2D eigenvalue weighted by atomic mass is 15.0. The standard InChI is InChI=1S/C40H26N4/c1-25-11-10-12-26(2)39(25)44-36-18-9-6-15-30(36)31-20-22-37(38(40(31)44)32-23-27(24-41)19-21-33(32)42-3)43-34-16-7-4-13-28(34)29-14-5-8-17-35(29)43/h4-23H,1-2H3. The fraction of sp³-hybridized carbons (Fsp3) is 0.0500. The first-order valence-corrected chi connectivity index (χ1v) is 14.6. The second kappa shape index (κ2) is 9.73. The Morgan fingerprint density at radius 3 is 1.77 bits per heavy atom. The summed E-state index contributed by atoms with van der Waals surface area (Å²) < 4.78 is 4.69. The summed E-state index contributed by atoms with van der Waals surface area (Å²) >= 11 is 0. The van der Waals surface area contributed by atoms with Crippen LogP contribution in [-0.2, 0) is 0 Å². The number of fused-ring (bicyclic) bond motifs is 6. The molecule has 0 saturated carbocycles. The maximum Gasteiger partial charge on any atom is 0.195 e. The van der Waals surface area contributed by atoms with E-state index >= 15 is 0 Å². The van der Waals surface area contributed by atoms with Crippen molar-refractivity contribution in [1.29, 1.82) is 5.26 Å². The number of aryl methyl sites for hydroxylation is 2. The lowest BCUT2D eigenvalue weighted by Crippen LogP contribution is -2.04. The highest BCUT2D eigenvalue weighted by molar-refractivity contribution is 6.18. The number of nitriles is 1. The first-order valence-electron chi connectivity index (χ1n) is 14.6. The van der Waals surface area contributed by atoms with Crippen molar-refractivity contribution < 1.29 is 0 Å². The third-order valence-electron chi connectivity index (χ3n) is 8.81. The van der Waals surface area contributed by atoms with Gasteiger partial charge in [0.15, 0.2) is 5.69 Å². The molecule has 8 rings (SSSR count). The molecule has 4 heteroatoms. The average molecular weight is 563 g/mol. The summed E-state index contributed by atoms with van der Waals surface area (Å²) in [4.78, 5) is 3.99. The van der Waals surface area contributed by atoms with Crippen molar-refractivity contribution in [3.63, 3.8) is 0 Å². The summed E-state index contributed by atoms with van der Waals surface area (Å²) in [7, 11) is 0. The van der Waals surface area contributed by atoms with Gasteiger partial charge in [-0.25, -0.2) is 4.85 Å². The smallest absolute Gasteiger partial charge is 0.195 e. The molecule has 0 amide bonds. The van der Waals surface area contributed by atoms with Crippen LogP contribution in [0.25, 0.3) is 71.0 Å². The van der Waals surface area contributed by atoms with Gasteiger partial charge < -0.3 is 9.13 Å². The van der Waals surface area contributed by atoms with Gasteiger partial charge >= 0.3 is 0 Å². The van der Waals surface area contributed by atoms with E-state index in [0.29, 0.717) is 11.3 Å². The highest BCUT2D eigenvalue weighted by Gasteiger charge is 2.25. The summed E-state index contributed by atoms with van der Waals surface area (Å²) in [6.45, 7) is 12.5. The number of rotatable bonds is 3. The molecule has 6 aromatic carbocycles. The third kappa shape index (κ3) is 3.56. The molecule has 0 aliphatic rings. The zero-order valence-electron chi connectivity index (χ0n) is 24.3. The van der Waals surface area contributed by atoms with Crippen molar-refractivity contribution in [2.75, 3.05) is 0 Å². The van der Waals surface area contributed by atoms with Crippen LogP contribution in [0.1, 0.15) is 16.7 Å². The normalized spacial score (nSPS) is 11.4. The van der Waals surface area contributed by atoms with Gasteiger partial charge in [-0.2, -0.15) is 5.26 Å². The molecular formula is C40H26N4. The topological polar surface area (TPSA) is 38.0 Å². The van der Waals surface area contributed by atoms with Crippen LogP contribution < -0.4 is 0 Å². The molecule has 206 valence electrons. The van der Waals surface area contributed by atoms with Crippen molar-refractivity contribution in [3.8, 4) is 28.6 Å². The Labute approximate surface area is 255 Å². The number of hydrogen-bond donors (Lipinski definition) is 0. The number of nitrogens with zero attached hydrogens (tertiary/aromatic N) is 4. The van der Waals surface area contributed by atoms with Crippen molar-refractivity contribution in [1.82, 2.24) is 9.13 Å². The van der Waals surface area contributed by atoms with Crippen molar-refractivity contribution in [2.45, 2.75) is 13.8 Å². The molecule has 0 saturated heterocycles. The van der Waals surface area contributed by atoms with Crippen LogP contribution in [0.5, 0.6) is 0 Å². The van der Waals surface area contributed by atoms with E-state index in [9.17, 15) is 5.26 Å². The zero-order valence-corrected chi connectivity index (χ0v) is 24.3. The molecule has 0 N–H and O–H groups in total. The monoisotopic (exact) mass is 562 g/mol. The summed E-state index contributed by atoms with van der Waals surface area (Å²) in [5.74, 6) is 0. The fourth-order valence-corrected chi connectivity index (χ4v) is 6.97. The quantitative estimate of drug-likeness (QED) is 0.197. The number of hydrogen-bond acceptors (Lipinski definition) is 1. The van der Waals surface area contributed by atoms with Crippen molar-refractivity contribution >= 4 is 49.3 Å². The maximum absolute atomic E-state index is 10.0. The minimum atomic E-state index is 0.511. The number of para-hydroxylation sites is 4. The van der Waals surface area contributed by atoms with Gasteiger partial charge in [0.25, 0.3) is 0 Å². The lowest BCUT2D eigenvalue weighted by atomic mass is 9.96. The molecule has 8 aromatic rings. The van der Waals surface area contributed by atoms with Crippen LogP contribution in [0.15, 0.2) is 121 Å². The molecular weight excluding hydrogens is 536 g/mol. The molecule has 0 fully saturated rings. The predicted molar refractivity (Wildman–Crippen MR) is 181 cm³/mol. The summed E-state index contributed by atoms with van der Waals surface area (Å²) in [6, 6.07) is 44.0. The predicted octanol–water partition coefficient (Wildman–Crippen LogP) is 10.6. The second-order valence-electron chi connectivity index (χ2n) is 11.3. The molecule has 0 bridgehead atoms. The van der Waals surface area contributed by atoms with Gasteiger partial charge in [0, 0.05) is 27.1 Å². The maximum atomic E-state index is 10.0. The van der Waals surface area contributed by atoms with Crippen LogP contribution in [0.4, 0.5) is 5.69 Å². The molecule has 0 radical (unpaired) electrons. The number of benzene rings is 6. The van der Waals surface area contributed by atoms with Crippen LogP contribution in [0, 0.1) is 31.8 Å². The van der Waals surface area contributed by atoms with E-state index in [1.54, 1.807) is 12.1 Å². The van der Waals surface area contributed by atoms with E-state index in [4.69, 9.17) is 6.57 Å². The van der Waals surface area contributed by atoms with E-state index < -0.39 is 0 Å². The van der Waals surface area contributed by atoms with Gasteiger partial charge in [-0.05, 0) is 60.9 Å². The minimum Gasteiger partial charge on any atom is -0.309 e. The first kappa shape index (κ1) is 25.6. The molecule has 4 nitrogen and oxygen atoms in total. The SMILES string of the molecule is [C-]#[N+]c1ccc(C#N)cc1-c1c(-n2c3ccccc3c3ccccc32)ccc2c3ccccc3n(-c3c(C)cccc3C)c12. The Morgan fingerprint density at radius 2 is 1.18 bits per heavy atom. The highest BCUT2D eigenvalue weighted by Crippen LogP contribution is 2.46. The van der Waals surface area contributed by atoms with Crippen LogP contribution in [-0.4, -0.2) is 9.13 Å². The zero-order chi connectivity index (χ0) is 29.9. The van der Waals surface area contributed by atoms with Gasteiger partial charge in [-0.15, -0.1) is 0 Å². The van der Waals surface area contributed by atoms with Crippen LogP contribution >= 0.6 is 0 Å². The van der Waals surface area contributed by atoms with Gasteiger partial charge in [-0.3, -0.25) is 0 Å². The largest absolute Gasteiger partial charge is 0.309 e. The Hall–Kier alpha value is -6.10. The number of aromatic nitrogens is 2. The second-order valence-corrected chi connectivity index (χ2v) is 11.3. The molecule has 2 heterocycles. The molecule has 0 atom stereocenters. The van der Waals surface area contributed by atoms with Gasteiger partial charge in [0.1, 0.15) is 0 Å². The molecule has 0 unspecified atom stereocenters. The Morgan fingerprint density at radius 1 is 0.614 bits per heavy atom. The Balaban J connectivity index is 1.68. The van der Waals surface area contributed by atoms with E-state index in [1.165, 1.54) is 10.8 Å². The van der Waals surface area contributed by atoms with E-state index in [1.807, 2.05) is 6.07 Å². The Bertz CT molecular complexity index is 2470. The fourth-order valence-electron chi connectivity index (χ4n) is 6.97. The van der Waals surface area contributed by atoms with Crippen LogP contribution in [0.2, 0.25) is 0 Å². The molecule has 0 aliphatic heterocycles. The lowest BCUT2D eigenvalue weighted by Gasteiger charge is -2.20.